The van der Waals surface area contributed by atoms with Crippen molar-refractivity contribution in [1.29, 1.82) is 0 Å². The van der Waals surface area contributed by atoms with E-state index in [0.717, 1.165) is 11.1 Å². The Morgan fingerprint density at radius 2 is 1.86 bits per heavy atom. The van der Waals surface area contributed by atoms with Gasteiger partial charge in [0.15, 0.2) is 6.61 Å². The summed E-state index contributed by atoms with van der Waals surface area (Å²) >= 11 is 0. The number of rotatable bonds is 6. The monoisotopic (exact) mass is 282 g/mol. The molecule has 2 aromatic carbocycles. The molecule has 2 rings (SSSR count). The van der Waals surface area contributed by atoms with Gasteiger partial charge in [0.2, 0.25) is 0 Å². The highest BCUT2D eigenvalue weighted by molar-refractivity contribution is 5.74. The molecule has 0 fully saturated rings. The fourth-order valence-electron chi connectivity index (χ4n) is 1.87. The van der Waals surface area contributed by atoms with E-state index in [9.17, 15) is 4.79 Å². The first-order valence-corrected chi connectivity index (χ1v) is 6.78. The summed E-state index contributed by atoms with van der Waals surface area (Å²) in [5, 5.41) is 0. The Hall–Kier alpha value is -2.55. The van der Waals surface area contributed by atoms with Crippen LogP contribution in [0, 0.1) is 6.92 Å². The van der Waals surface area contributed by atoms with Crippen molar-refractivity contribution >= 4 is 5.97 Å². The van der Waals surface area contributed by atoms with E-state index in [1.54, 1.807) is 18.2 Å². The molecule has 21 heavy (non-hydrogen) atoms. The standard InChI is InChI=1S/C18H18O3/c1-3-6-15-7-4-5-8-17(15)20-13-18(19)21-16-11-9-14(2)10-12-16/h3-5,7-12H,1,6,13H2,2H3. The van der Waals surface area contributed by atoms with Crippen LogP contribution in [0.15, 0.2) is 61.2 Å². The molecule has 0 saturated carbocycles. The van der Waals surface area contributed by atoms with Crippen LogP contribution in [0.4, 0.5) is 0 Å². The molecule has 0 spiro atoms. The van der Waals surface area contributed by atoms with Gasteiger partial charge in [-0.15, -0.1) is 6.58 Å². The SMILES string of the molecule is C=CCc1ccccc1OCC(=O)Oc1ccc(C)cc1. The summed E-state index contributed by atoms with van der Waals surface area (Å²) in [6.07, 6.45) is 2.50. The van der Waals surface area contributed by atoms with Gasteiger partial charge >= 0.3 is 5.97 Å². The molecule has 0 heterocycles. The lowest BCUT2D eigenvalue weighted by atomic mass is 10.1. The van der Waals surface area contributed by atoms with E-state index >= 15 is 0 Å². The van der Waals surface area contributed by atoms with E-state index in [1.807, 2.05) is 43.3 Å². The van der Waals surface area contributed by atoms with Crippen LogP contribution < -0.4 is 9.47 Å². The molecule has 3 nitrogen and oxygen atoms in total. The van der Waals surface area contributed by atoms with Crippen LogP contribution in [0.2, 0.25) is 0 Å². The van der Waals surface area contributed by atoms with Gasteiger partial charge in [0.05, 0.1) is 0 Å². The zero-order chi connectivity index (χ0) is 15.1. The van der Waals surface area contributed by atoms with E-state index in [4.69, 9.17) is 9.47 Å². The molecule has 0 aromatic heterocycles. The third kappa shape index (κ3) is 4.49. The molecule has 3 heteroatoms. The van der Waals surface area contributed by atoms with Crippen molar-refractivity contribution in [3.63, 3.8) is 0 Å². The maximum absolute atomic E-state index is 11.8. The highest BCUT2D eigenvalue weighted by Crippen LogP contribution is 2.19. The Morgan fingerprint density at radius 1 is 1.14 bits per heavy atom. The second kappa shape index (κ2) is 7.29. The first-order valence-electron chi connectivity index (χ1n) is 6.78. The first-order chi connectivity index (χ1) is 10.2. The number of carbonyl (C=O) groups excluding carboxylic acids is 1. The van der Waals surface area contributed by atoms with E-state index in [-0.39, 0.29) is 6.61 Å². The maximum atomic E-state index is 11.8. The van der Waals surface area contributed by atoms with Crippen LogP contribution >= 0.6 is 0 Å². The Morgan fingerprint density at radius 3 is 2.57 bits per heavy atom. The Bertz CT molecular complexity index is 615. The molecule has 108 valence electrons. The van der Waals surface area contributed by atoms with Gasteiger partial charge in [-0.3, -0.25) is 0 Å². The van der Waals surface area contributed by atoms with Crippen LogP contribution in [0.3, 0.4) is 0 Å². The molecule has 0 N–H and O–H groups in total. The number of allylic oxidation sites excluding steroid dienone is 1. The summed E-state index contributed by atoms with van der Waals surface area (Å²) in [7, 11) is 0. The Balaban J connectivity index is 1.92. The smallest absolute Gasteiger partial charge is 0.349 e. The van der Waals surface area contributed by atoms with Crippen molar-refractivity contribution in [1.82, 2.24) is 0 Å². The lowest BCUT2D eigenvalue weighted by Crippen LogP contribution is -2.18. The highest BCUT2D eigenvalue weighted by Gasteiger charge is 2.08. The van der Waals surface area contributed by atoms with Gasteiger partial charge in [0.25, 0.3) is 0 Å². The minimum atomic E-state index is -0.424. The molecule has 0 saturated heterocycles. The van der Waals surface area contributed by atoms with Crippen LogP contribution in [-0.4, -0.2) is 12.6 Å². The predicted octanol–water partition coefficient (Wildman–Crippen LogP) is 3.71. The predicted molar refractivity (Wildman–Crippen MR) is 82.7 cm³/mol. The number of para-hydroxylation sites is 1. The summed E-state index contributed by atoms with van der Waals surface area (Å²) in [5.74, 6) is 0.777. The quantitative estimate of drug-likeness (QED) is 0.460. The van der Waals surface area contributed by atoms with E-state index < -0.39 is 5.97 Å². The van der Waals surface area contributed by atoms with Crippen molar-refractivity contribution in [3.8, 4) is 11.5 Å². The zero-order valence-corrected chi connectivity index (χ0v) is 12.0. The van der Waals surface area contributed by atoms with Gasteiger partial charge in [0.1, 0.15) is 11.5 Å². The average Bonchev–Trinajstić information content (AvgIpc) is 2.49. The van der Waals surface area contributed by atoms with Crippen molar-refractivity contribution in [2.24, 2.45) is 0 Å². The normalized spacial score (nSPS) is 9.95. The number of hydrogen-bond acceptors (Lipinski definition) is 3. The maximum Gasteiger partial charge on any atom is 0.349 e. The number of ether oxygens (including phenoxy) is 2. The molecule has 0 bridgehead atoms. The number of aryl methyl sites for hydroxylation is 1. The van der Waals surface area contributed by atoms with Gasteiger partial charge < -0.3 is 9.47 Å². The summed E-state index contributed by atoms with van der Waals surface area (Å²) in [5.41, 5.74) is 2.11. The molecule has 0 aliphatic carbocycles. The van der Waals surface area contributed by atoms with Gasteiger partial charge in [-0.05, 0) is 37.1 Å². The first kappa shape index (κ1) is 14.9. The molecule has 2 aromatic rings. The Labute approximate surface area is 124 Å². The van der Waals surface area contributed by atoms with Crippen LogP contribution in [-0.2, 0) is 11.2 Å². The zero-order valence-electron chi connectivity index (χ0n) is 12.0. The topological polar surface area (TPSA) is 35.5 Å². The van der Waals surface area contributed by atoms with Gasteiger partial charge in [-0.2, -0.15) is 0 Å². The van der Waals surface area contributed by atoms with E-state index in [0.29, 0.717) is 17.9 Å². The lowest BCUT2D eigenvalue weighted by Gasteiger charge is -2.10. The van der Waals surface area contributed by atoms with Crippen molar-refractivity contribution in [3.05, 3.63) is 72.3 Å². The van der Waals surface area contributed by atoms with Gasteiger partial charge in [-0.25, -0.2) is 4.79 Å². The third-order valence-corrected chi connectivity index (χ3v) is 2.94. The van der Waals surface area contributed by atoms with Crippen molar-refractivity contribution < 1.29 is 14.3 Å². The van der Waals surface area contributed by atoms with Gasteiger partial charge in [0, 0.05) is 0 Å². The molecule has 0 aliphatic heterocycles. The second-order valence-electron chi connectivity index (χ2n) is 4.68. The summed E-state index contributed by atoms with van der Waals surface area (Å²) in [6.45, 7) is 5.56. The molecule has 0 unspecified atom stereocenters. The fraction of sp³-hybridized carbons (Fsp3) is 0.167. The number of hydrogen-bond donors (Lipinski definition) is 0. The largest absolute Gasteiger partial charge is 0.482 e. The van der Waals surface area contributed by atoms with Crippen molar-refractivity contribution in [2.75, 3.05) is 6.61 Å². The van der Waals surface area contributed by atoms with E-state index in [1.165, 1.54) is 0 Å². The minimum Gasteiger partial charge on any atom is -0.482 e. The fourth-order valence-corrected chi connectivity index (χ4v) is 1.87. The second-order valence-corrected chi connectivity index (χ2v) is 4.68. The highest BCUT2D eigenvalue weighted by atomic mass is 16.6. The summed E-state index contributed by atoms with van der Waals surface area (Å²) in [4.78, 5) is 11.8. The van der Waals surface area contributed by atoms with Crippen molar-refractivity contribution in [2.45, 2.75) is 13.3 Å². The summed E-state index contributed by atoms with van der Waals surface area (Å²) in [6, 6.07) is 14.9. The van der Waals surface area contributed by atoms with Crippen LogP contribution in [0.1, 0.15) is 11.1 Å². The minimum absolute atomic E-state index is 0.123. The Kier molecular flexibility index (Phi) is 5.16. The van der Waals surface area contributed by atoms with Gasteiger partial charge in [-0.1, -0.05) is 42.0 Å². The molecular weight excluding hydrogens is 264 g/mol. The molecule has 0 radical (unpaired) electrons. The van der Waals surface area contributed by atoms with Crippen LogP contribution in [0.5, 0.6) is 11.5 Å². The summed E-state index contributed by atoms with van der Waals surface area (Å²) < 4.78 is 10.7. The number of benzene rings is 2. The molecule has 0 atom stereocenters. The van der Waals surface area contributed by atoms with E-state index in [2.05, 4.69) is 6.58 Å². The lowest BCUT2D eigenvalue weighted by molar-refractivity contribution is -0.136. The number of esters is 1. The molecule has 0 amide bonds. The van der Waals surface area contributed by atoms with Crippen LogP contribution in [0.25, 0.3) is 0 Å². The molecular formula is C18H18O3. The number of carbonyl (C=O) groups is 1. The molecule has 0 aliphatic rings. The third-order valence-electron chi connectivity index (χ3n) is 2.94. The average molecular weight is 282 g/mol.